The van der Waals surface area contributed by atoms with Crippen LogP contribution in [0.15, 0.2) is 24.3 Å². The SMILES string of the molecule is CC(C)COc1ccccc1C(C)CC1OC1C. The van der Waals surface area contributed by atoms with E-state index in [4.69, 9.17) is 9.47 Å². The number of epoxide rings is 1. The van der Waals surface area contributed by atoms with E-state index in [2.05, 4.69) is 45.9 Å². The Balaban J connectivity index is 2.01. The van der Waals surface area contributed by atoms with Gasteiger partial charge < -0.3 is 9.47 Å². The summed E-state index contributed by atoms with van der Waals surface area (Å²) in [5.41, 5.74) is 1.31. The first-order valence-corrected chi connectivity index (χ1v) is 6.95. The Bertz CT molecular complexity index is 386. The second-order valence-electron chi connectivity index (χ2n) is 5.76. The lowest BCUT2D eigenvalue weighted by molar-refractivity contribution is 0.266. The fourth-order valence-electron chi connectivity index (χ4n) is 2.23. The maximum Gasteiger partial charge on any atom is 0.122 e. The summed E-state index contributed by atoms with van der Waals surface area (Å²) in [4.78, 5) is 0. The van der Waals surface area contributed by atoms with Crippen LogP contribution in [0.25, 0.3) is 0 Å². The van der Waals surface area contributed by atoms with Gasteiger partial charge in [-0.3, -0.25) is 0 Å². The number of hydrogen-bond acceptors (Lipinski definition) is 2. The summed E-state index contributed by atoms with van der Waals surface area (Å²) in [5, 5.41) is 0. The second kappa shape index (κ2) is 5.75. The standard InChI is InChI=1S/C16H24O2/c1-11(2)10-17-15-8-6-5-7-14(15)12(3)9-16-13(4)18-16/h5-8,11-13,16H,9-10H2,1-4H3. The maximum atomic E-state index is 5.91. The zero-order valence-corrected chi connectivity index (χ0v) is 11.8. The molecule has 1 aliphatic rings. The van der Waals surface area contributed by atoms with Crippen LogP contribution in [-0.4, -0.2) is 18.8 Å². The smallest absolute Gasteiger partial charge is 0.122 e. The molecule has 3 unspecified atom stereocenters. The summed E-state index contributed by atoms with van der Waals surface area (Å²) < 4.78 is 11.4. The van der Waals surface area contributed by atoms with E-state index in [9.17, 15) is 0 Å². The summed E-state index contributed by atoms with van der Waals surface area (Å²) in [6, 6.07) is 8.38. The van der Waals surface area contributed by atoms with Crippen molar-refractivity contribution in [2.45, 2.75) is 52.2 Å². The fourth-order valence-corrected chi connectivity index (χ4v) is 2.23. The average Bonchev–Trinajstić information content (AvgIpc) is 3.02. The number of para-hydroxylation sites is 1. The fraction of sp³-hybridized carbons (Fsp3) is 0.625. The molecule has 1 aliphatic heterocycles. The van der Waals surface area contributed by atoms with Crippen LogP contribution in [0.5, 0.6) is 5.75 Å². The molecule has 1 fully saturated rings. The predicted octanol–water partition coefficient (Wildman–Crippen LogP) is 4.00. The summed E-state index contributed by atoms with van der Waals surface area (Å²) in [6.07, 6.45) is 1.97. The zero-order valence-electron chi connectivity index (χ0n) is 11.8. The van der Waals surface area contributed by atoms with E-state index in [-0.39, 0.29) is 0 Å². The maximum absolute atomic E-state index is 5.91. The van der Waals surface area contributed by atoms with Gasteiger partial charge in [0.2, 0.25) is 0 Å². The first-order chi connectivity index (χ1) is 8.58. The highest BCUT2D eigenvalue weighted by Gasteiger charge is 2.35. The molecule has 2 rings (SSSR count). The average molecular weight is 248 g/mol. The Hall–Kier alpha value is -1.02. The Morgan fingerprint density at radius 3 is 2.50 bits per heavy atom. The second-order valence-corrected chi connectivity index (χ2v) is 5.76. The Morgan fingerprint density at radius 2 is 1.89 bits per heavy atom. The number of benzene rings is 1. The highest BCUT2D eigenvalue weighted by atomic mass is 16.6. The van der Waals surface area contributed by atoms with Crippen LogP contribution < -0.4 is 4.74 Å². The van der Waals surface area contributed by atoms with Gasteiger partial charge in [-0.1, -0.05) is 39.0 Å². The van der Waals surface area contributed by atoms with Gasteiger partial charge in [0.05, 0.1) is 18.8 Å². The Morgan fingerprint density at radius 1 is 1.22 bits per heavy atom. The molecule has 100 valence electrons. The molecule has 1 aromatic carbocycles. The highest BCUT2D eigenvalue weighted by Crippen LogP contribution is 2.35. The van der Waals surface area contributed by atoms with Gasteiger partial charge in [-0.15, -0.1) is 0 Å². The molecular weight excluding hydrogens is 224 g/mol. The quantitative estimate of drug-likeness (QED) is 0.710. The van der Waals surface area contributed by atoms with Crippen LogP contribution in [0.2, 0.25) is 0 Å². The van der Waals surface area contributed by atoms with Gasteiger partial charge in [-0.05, 0) is 36.8 Å². The van der Waals surface area contributed by atoms with Crippen molar-refractivity contribution in [1.82, 2.24) is 0 Å². The molecule has 0 saturated carbocycles. The minimum atomic E-state index is 0.441. The van der Waals surface area contributed by atoms with Crippen LogP contribution in [0.4, 0.5) is 0 Å². The Kier molecular flexibility index (Phi) is 4.28. The summed E-state index contributed by atoms with van der Waals surface area (Å²) in [5.74, 6) is 2.08. The molecule has 0 aliphatic carbocycles. The van der Waals surface area contributed by atoms with Crippen molar-refractivity contribution in [3.63, 3.8) is 0 Å². The number of rotatable bonds is 6. The molecule has 1 aromatic rings. The molecule has 2 nitrogen and oxygen atoms in total. The van der Waals surface area contributed by atoms with Gasteiger partial charge in [0.25, 0.3) is 0 Å². The van der Waals surface area contributed by atoms with E-state index in [0.29, 0.717) is 24.0 Å². The summed E-state index contributed by atoms with van der Waals surface area (Å²) >= 11 is 0. The molecule has 0 spiro atoms. The van der Waals surface area contributed by atoms with Crippen LogP contribution in [0.1, 0.15) is 45.6 Å². The zero-order chi connectivity index (χ0) is 13.1. The normalized spacial score (nSPS) is 24.1. The third-order valence-corrected chi connectivity index (χ3v) is 3.44. The van der Waals surface area contributed by atoms with E-state index >= 15 is 0 Å². The molecular formula is C16H24O2. The molecule has 18 heavy (non-hydrogen) atoms. The first kappa shape index (κ1) is 13.4. The summed E-state index contributed by atoms with van der Waals surface area (Å²) in [7, 11) is 0. The van der Waals surface area contributed by atoms with Gasteiger partial charge in [-0.25, -0.2) is 0 Å². The molecule has 0 bridgehead atoms. The molecule has 0 amide bonds. The molecule has 3 atom stereocenters. The van der Waals surface area contributed by atoms with E-state index < -0.39 is 0 Å². The van der Waals surface area contributed by atoms with Gasteiger partial charge in [0, 0.05) is 0 Å². The number of hydrogen-bond donors (Lipinski definition) is 0. The first-order valence-electron chi connectivity index (χ1n) is 6.95. The topological polar surface area (TPSA) is 21.8 Å². The van der Waals surface area contributed by atoms with Gasteiger partial charge in [0.1, 0.15) is 5.75 Å². The lowest BCUT2D eigenvalue weighted by Gasteiger charge is -2.17. The molecule has 1 saturated heterocycles. The van der Waals surface area contributed by atoms with Crippen molar-refractivity contribution in [1.29, 1.82) is 0 Å². The largest absolute Gasteiger partial charge is 0.493 e. The minimum absolute atomic E-state index is 0.441. The van der Waals surface area contributed by atoms with E-state index in [1.807, 2.05) is 6.07 Å². The van der Waals surface area contributed by atoms with Crippen LogP contribution in [0.3, 0.4) is 0 Å². The van der Waals surface area contributed by atoms with Gasteiger partial charge in [0.15, 0.2) is 0 Å². The van der Waals surface area contributed by atoms with Crippen LogP contribution >= 0.6 is 0 Å². The van der Waals surface area contributed by atoms with E-state index in [1.54, 1.807) is 0 Å². The molecule has 2 heteroatoms. The molecule has 0 N–H and O–H groups in total. The van der Waals surface area contributed by atoms with Crippen molar-refractivity contribution in [2.24, 2.45) is 5.92 Å². The van der Waals surface area contributed by atoms with Gasteiger partial charge in [-0.2, -0.15) is 0 Å². The van der Waals surface area contributed by atoms with Crippen molar-refractivity contribution >= 4 is 0 Å². The van der Waals surface area contributed by atoms with Crippen molar-refractivity contribution < 1.29 is 9.47 Å². The van der Waals surface area contributed by atoms with E-state index in [0.717, 1.165) is 18.8 Å². The van der Waals surface area contributed by atoms with Crippen molar-refractivity contribution in [2.75, 3.05) is 6.61 Å². The van der Waals surface area contributed by atoms with Gasteiger partial charge >= 0.3 is 0 Å². The molecule has 0 aromatic heterocycles. The van der Waals surface area contributed by atoms with Crippen LogP contribution in [0, 0.1) is 5.92 Å². The monoisotopic (exact) mass is 248 g/mol. The van der Waals surface area contributed by atoms with Crippen molar-refractivity contribution in [3.05, 3.63) is 29.8 Å². The minimum Gasteiger partial charge on any atom is -0.493 e. The highest BCUT2D eigenvalue weighted by molar-refractivity contribution is 5.36. The number of ether oxygens (including phenoxy) is 2. The van der Waals surface area contributed by atoms with Crippen molar-refractivity contribution in [3.8, 4) is 5.75 Å². The molecule has 1 heterocycles. The van der Waals surface area contributed by atoms with Crippen LogP contribution in [-0.2, 0) is 4.74 Å². The Labute approximate surface area is 110 Å². The lowest BCUT2D eigenvalue weighted by atomic mass is 9.94. The summed E-state index contributed by atoms with van der Waals surface area (Å²) in [6.45, 7) is 9.52. The van der Waals surface area contributed by atoms with E-state index in [1.165, 1.54) is 5.56 Å². The molecule has 0 radical (unpaired) electrons. The third-order valence-electron chi connectivity index (χ3n) is 3.44. The lowest BCUT2D eigenvalue weighted by Crippen LogP contribution is -2.08. The third kappa shape index (κ3) is 3.49. The predicted molar refractivity (Wildman–Crippen MR) is 74.1 cm³/mol.